The van der Waals surface area contributed by atoms with Crippen LogP contribution in [0.4, 0.5) is 0 Å². The Morgan fingerprint density at radius 3 is 2.79 bits per heavy atom. The molecule has 0 amide bonds. The quantitative estimate of drug-likeness (QED) is 0.753. The van der Waals surface area contributed by atoms with E-state index in [1.165, 1.54) is 12.0 Å². The molecule has 0 radical (unpaired) electrons. The first-order valence-corrected chi connectivity index (χ1v) is 7.36. The first-order chi connectivity index (χ1) is 9.11. The summed E-state index contributed by atoms with van der Waals surface area (Å²) in [4.78, 5) is 12.7. The van der Waals surface area contributed by atoms with Gasteiger partial charge in [-0.15, -0.1) is 0 Å². The minimum Gasteiger partial charge on any atom is -0.375 e. The van der Waals surface area contributed by atoms with Crippen molar-refractivity contribution < 1.29 is 9.53 Å². The van der Waals surface area contributed by atoms with Gasteiger partial charge in [0.15, 0.2) is 5.78 Å². The van der Waals surface area contributed by atoms with E-state index in [4.69, 9.17) is 4.74 Å². The summed E-state index contributed by atoms with van der Waals surface area (Å²) in [6.07, 6.45) is 5.35. The molecule has 2 aliphatic rings. The normalized spacial score (nSPS) is 25.1. The zero-order chi connectivity index (χ0) is 13.5. The standard InChI is InChI=1S/C17H22O2/c1-12-5-3-6-15(13(12)2)16(18)14-7-10-19-17(11-14)8-4-9-17/h3,5-6,14H,4,7-11H2,1-2H3. The average Bonchev–Trinajstić information content (AvgIpc) is 2.39. The molecule has 2 heteroatoms. The van der Waals surface area contributed by atoms with Crippen molar-refractivity contribution in [2.75, 3.05) is 6.61 Å². The molecule has 19 heavy (non-hydrogen) atoms. The molecule has 1 spiro atoms. The van der Waals surface area contributed by atoms with E-state index in [1.54, 1.807) is 0 Å². The van der Waals surface area contributed by atoms with E-state index in [2.05, 4.69) is 19.9 Å². The number of aryl methyl sites for hydroxylation is 1. The molecule has 0 N–H and O–H groups in total. The Labute approximate surface area is 115 Å². The molecule has 1 aliphatic carbocycles. The highest BCUT2D eigenvalue weighted by Crippen LogP contribution is 2.45. The number of hydrogen-bond donors (Lipinski definition) is 0. The van der Waals surface area contributed by atoms with Crippen LogP contribution in [0, 0.1) is 19.8 Å². The van der Waals surface area contributed by atoms with Gasteiger partial charge in [0.1, 0.15) is 0 Å². The smallest absolute Gasteiger partial charge is 0.166 e. The van der Waals surface area contributed by atoms with Gasteiger partial charge in [-0.05, 0) is 57.1 Å². The predicted octanol–water partition coefficient (Wildman–Crippen LogP) is 3.84. The molecule has 2 nitrogen and oxygen atoms in total. The minimum atomic E-state index is 0.0519. The molecule has 102 valence electrons. The van der Waals surface area contributed by atoms with Crippen LogP contribution in [0.3, 0.4) is 0 Å². The molecule has 0 bridgehead atoms. The van der Waals surface area contributed by atoms with E-state index in [1.807, 2.05) is 12.1 Å². The van der Waals surface area contributed by atoms with Crippen LogP contribution in [0.5, 0.6) is 0 Å². The van der Waals surface area contributed by atoms with Crippen LogP contribution in [-0.4, -0.2) is 18.0 Å². The number of carbonyl (C=O) groups is 1. The Balaban J connectivity index is 1.81. The van der Waals surface area contributed by atoms with Crippen molar-refractivity contribution in [2.45, 2.75) is 51.6 Å². The van der Waals surface area contributed by atoms with Crippen molar-refractivity contribution in [3.8, 4) is 0 Å². The van der Waals surface area contributed by atoms with Gasteiger partial charge in [0.25, 0.3) is 0 Å². The summed E-state index contributed by atoms with van der Waals surface area (Å²) in [6.45, 7) is 4.88. The third kappa shape index (κ3) is 2.23. The summed E-state index contributed by atoms with van der Waals surface area (Å²) >= 11 is 0. The van der Waals surface area contributed by atoms with Crippen LogP contribution in [0.15, 0.2) is 18.2 Å². The van der Waals surface area contributed by atoms with Gasteiger partial charge >= 0.3 is 0 Å². The summed E-state index contributed by atoms with van der Waals surface area (Å²) in [5.74, 6) is 0.491. The van der Waals surface area contributed by atoms with Crippen LogP contribution < -0.4 is 0 Å². The fourth-order valence-corrected chi connectivity index (χ4v) is 3.41. The number of Topliss-reactive ketones (excluding diaryl/α,β-unsaturated/α-hetero) is 1. The fourth-order valence-electron chi connectivity index (χ4n) is 3.41. The average molecular weight is 258 g/mol. The lowest BCUT2D eigenvalue weighted by Gasteiger charge is -2.46. The van der Waals surface area contributed by atoms with E-state index in [0.29, 0.717) is 5.78 Å². The summed E-state index contributed by atoms with van der Waals surface area (Å²) in [5.41, 5.74) is 3.32. The highest BCUT2D eigenvalue weighted by molar-refractivity contribution is 5.99. The highest BCUT2D eigenvalue weighted by Gasteiger charge is 2.44. The number of benzene rings is 1. The second-order valence-corrected chi connectivity index (χ2v) is 6.19. The van der Waals surface area contributed by atoms with Crippen molar-refractivity contribution in [3.05, 3.63) is 34.9 Å². The monoisotopic (exact) mass is 258 g/mol. The second-order valence-electron chi connectivity index (χ2n) is 6.19. The van der Waals surface area contributed by atoms with Crippen LogP contribution in [0.1, 0.15) is 53.6 Å². The number of hydrogen-bond acceptors (Lipinski definition) is 2. The number of ether oxygens (including phenoxy) is 1. The first-order valence-electron chi connectivity index (χ1n) is 7.36. The van der Waals surface area contributed by atoms with Crippen molar-refractivity contribution in [2.24, 2.45) is 5.92 Å². The Morgan fingerprint density at radius 1 is 1.32 bits per heavy atom. The van der Waals surface area contributed by atoms with Gasteiger partial charge in [0.05, 0.1) is 5.60 Å². The summed E-state index contributed by atoms with van der Waals surface area (Å²) in [5, 5.41) is 0. The lowest BCUT2D eigenvalue weighted by atomic mass is 9.70. The lowest BCUT2D eigenvalue weighted by Crippen LogP contribution is -2.47. The van der Waals surface area contributed by atoms with E-state index in [0.717, 1.165) is 43.4 Å². The Kier molecular flexibility index (Phi) is 3.22. The molecule has 1 aromatic rings. The third-order valence-electron chi connectivity index (χ3n) is 5.00. The minimum absolute atomic E-state index is 0.0519. The van der Waals surface area contributed by atoms with Gasteiger partial charge in [0, 0.05) is 18.1 Å². The number of rotatable bonds is 2. The SMILES string of the molecule is Cc1cccc(C(=O)C2CCOC3(CCC3)C2)c1C. The Morgan fingerprint density at radius 2 is 2.11 bits per heavy atom. The molecule has 1 unspecified atom stereocenters. The molecule has 0 aromatic heterocycles. The largest absolute Gasteiger partial charge is 0.375 e. The number of carbonyl (C=O) groups excluding carboxylic acids is 1. The molecule has 1 saturated heterocycles. The molecule has 1 aliphatic heterocycles. The molecule has 2 fully saturated rings. The highest BCUT2D eigenvalue weighted by atomic mass is 16.5. The fraction of sp³-hybridized carbons (Fsp3) is 0.588. The first kappa shape index (κ1) is 12.9. The summed E-state index contributed by atoms with van der Waals surface area (Å²) < 4.78 is 5.92. The van der Waals surface area contributed by atoms with Gasteiger partial charge in [-0.1, -0.05) is 18.2 Å². The van der Waals surface area contributed by atoms with Gasteiger partial charge in [0.2, 0.25) is 0 Å². The van der Waals surface area contributed by atoms with Crippen LogP contribution in [0.25, 0.3) is 0 Å². The molecule has 1 heterocycles. The van der Waals surface area contributed by atoms with Crippen molar-refractivity contribution >= 4 is 5.78 Å². The van der Waals surface area contributed by atoms with Gasteiger partial charge in [-0.2, -0.15) is 0 Å². The molecule has 1 atom stereocenters. The molecule has 1 saturated carbocycles. The Hall–Kier alpha value is -1.15. The maximum Gasteiger partial charge on any atom is 0.166 e. The lowest BCUT2D eigenvalue weighted by molar-refractivity contribution is -0.137. The van der Waals surface area contributed by atoms with Crippen molar-refractivity contribution in [1.82, 2.24) is 0 Å². The maximum absolute atomic E-state index is 12.7. The van der Waals surface area contributed by atoms with E-state index in [9.17, 15) is 4.79 Å². The van der Waals surface area contributed by atoms with Crippen LogP contribution >= 0.6 is 0 Å². The third-order valence-corrected chi connectivity index (χ3v) is 5.00. The van der Waals surface area contributed by atoms with Crippen LogP contribution in [-0.2, 0) is 4.74 Å². The van der Waals surface area contributed by atoms with Gasteiger partial charge in [-0.25, -0.2) is 0 Å². The Bertz CT molecular complexity index is 500. The summed E-state index contributed by atoms with van der Waals surface area (Å²) in [7, 11) is 0. The summed E-state index contributed by atoms with van der Waals surface area (Å²) in [6, 6.07) is 6.05. The van der Waals surface area contributed by atoms with Crippen LogP contribution in [0.2, 0.25) is 0 Å². The maximum atomic E-state index is 12.7. The van der Waals surface area contributed by atoms with E-state index in [-0.39, 0.29) is 11.5 Å². The molecule has 3 rings (SSSR count). The van der Waals surface area contributed by atoms with Crippen molar-refractivity contribution in [3.63, 3.8) is 0 Å². The van der Waals surface area contributed by atoms with Crippen molar-refractivity contribution in [1.29, 1.82) is 0 Å². The molecule has 1 aromatic carbocycles. The predicted molar refractivity (Wildman–Crippen MR) is 75.5 cm³/mol. The zero-order valence-corrected chi connectivity index (χ0v) is 11.9. The van der Waals surface area contributed by atoms with E-state index >= 15 is 0 Å². The zero-order valence-electron chi connectivity index (χ0n) is 11.9. The topological polar surface area (TPSA) is 26.3 Å². The van der Waals surface area contributed by atoms with E-state index < -0.39 is 0 Å². The van der Waals surface area contributed by atoms with Gasteiger partial charge < -0.3 is 4.74 Å². The second kappa shape index (κ2) is 4.75. The van der Waals surface area contributed by atoms with Gasteiger partial charge in [-0.3, -0.25) is 4.79 Å². The number of ketones is 1. The molecular weight excluding hydrogens is 236 g/mol. The molecular formula is C17H22O2.